The minimum Gasteiger partial charge on any atom is -1.00 e. The van der Waals surface area contributed by atoms with Crippen LogP contribution in [0.25, 0.3) is 0 Å². The van der Waals surface area contributed by atoms with E-state index in [9.17, 15) is 28.8 Å². The zero-order valence-electron chi connectivity index (χ0n) is 33.3. The summed E-state index contributed by atoms with van der Waals surface area (Å²) in [4.78, 5) is 80.4. The van der Waals surface area contributed by atoms with Gasteiger partial charge in [-0.15, -0.1) is 0 Å². The van der Waals surface area contributed by atoms with Gasteiger partial charge in [0, 0.05) is 33.4 Å². The maximum atomic E-state index is 13.4. The minimum absolute atomic E-state index is 0. The Balaban J connectivity index is 0.000000387. The zero-order valence-corrected chi connectivity index (χ0v) is 38.1. The Hall–Kier alpha value is -4.56. The van der Waals surface area contributed by atoms with Gasteiger partial charge in [-0.25, -0.2) is 0 Å². The number of hydrogen-bond donors (Lipinski definition) is 0. The van der Waals surface area contributed by atoms with Gasteiger partial charge in [-0.3, -0.25) is 28.8 Å². The van der Waals surface area contributed by atoms with E-state index in [1.165, 1.54) is 0 Å². The molecule has 6 aromatic carbocycles. The second-order valence-corrected chi connectivity index (χ2v) is 17.2. The molecule has 0 spiro atoms. The molecule has 0 aliphatic rings. The first-order chi connectivity index (χ1) is 26.8. The molecular weight excluding hydrogens is 912 g/mol. The van der Waals surface area contributed by atoms with Crippen LogP contribution in [0.5, 0.6) is 0 Å². The largest absolute Gasteiger partial charge is 2.00 e. The van der Waals surface area contributed by atoms with Crippen LogP contribution < -0.4 is 24.8 Å². The van der Waals surface area contributed by atoms with E-state index in [4.69, 9.17) is 0 Å². The molecule has 0 atom stereocenters. The molecule has 0 aliphatic carbocycles. The SMILES string of the molecule is Cc1ccccc1C(=O)P(C(=O)c1ccccc1C)C(=O)c1ccccc1C.Cc1ccccc1C(=O)P(C(=O)c1ccccc1C)C(=O)c1ccccc1C.[Cl-].[Cl-].[Pd+2]. The zero-order chi connectivity index (χ0) is 40.5. The van der Waals surface area contributed by atoms with Crippen LogP contribution in [0.3, 0.4) is 0 Å². The van der Waals surface area contributed by atoms with Crippen molar-refractivity contribution in [1.29, 1.82) is 0 Å². The van der Waals surface area contributed by atoms with Crippen molar-refractivity contribution in [1.82, 2.24) is 0 Å². The first-order valence-corrected chi connectivity index (χ1v) is 20.7. The molecule has 0 saturated carbocycles. The predicted octanol–water partition coefficient (Wildman–Crippen LogP) is 5.84. The van der Waals surface area contributed by atoms with Gasteiger partial charge in [0.25, 0.3) is 0 Å². The van der Waals surface area contributed by atoms with Gasteiger partial charge in [0.15, 0.2) is 33.1 Å². The van der Waals surface area contributed by atoms with Gasteiger partial charge in [-0.2, -0.15) is 0 Å². The van der Waals surface area contributed by atoms with Crippen molar-refractivity contribution in [2.24, 2.45) is 0 Å². The molecular formula is C48H42Cl2O6P2Pd. The molecule has 0 aliphatic heterocycles. The number of carbonyl (C=O) groups is 6. The first-order valence-electron chi connectivity index (χ1n) is 18.0. The Kier molecular flexibility index (Phi) is 20.0. The van der Waals surface area contributed by atoms with Crippen LogP contribution in [0.1, 0.15) is 95.5 Å². The number of carbonyl (C=O) groups excluding carboxylic acids is 6. The summed E-state index contributed by atoms with van der Waals surface area (Å²) in [5, 5.41) is 0. The quantitative estimate of drug-likeness (QED) is 0.113. The van der Waals surface area contributed by atoms with E-state index in [0.717, 1.165) is 33.4 Å². The summed E-state index contributed by atoms with van der Waals surface area (Å²) < 4.78 is 0. The molecule has 0 N–H and O–H groups in total. The van der Waals surface area contributed by atoms with Crippen LogP contribution in [0.2, 0.25) is 0 Å². The summed E-state index contributed by atoms with van der Waals surface area (Å²) in [5.41, 5.74) is 4.76. The molecule has 0 aromatic heterocycles. The summed E-state index contributed by atoms with van der Waals surface area (Å²) in [6, 6.07) is 42.5. The van der Waals surface area contributed by atoms with Gasteiger partial charge in [0.1, 0.15) is 15.8 Å². The molecule has 304 valence electrons. The van der Waals surface area contributed by atoms with Gasteiger partial charge >= 0.3 is 20.4 Å². The predicted molar refractivity (Wildman–Crippen MR) is 227 cm³/mol. The van der Waals surface area contributed by atoms with Gasteiger partial charge in [0.2, 0.25) is 0 Å². The standard InChI is InChI=1S/2C24H21O3P.2ClH.Pd/c2*1-16-10-4-7-13-19(16)22(25)28(23(26)20-14-8-5-11-17(20)2)24(27)21-15-9-6-12-18(21)3;;;/h2*4-15H,1-3H3;2*1H;/q;;;;+2/p-2. The average Bonchev–Trinajstić information content (AvgIpc) is 3.19. The number of rotatable bonds is 12. The third-order valence-corrected chi connectivity index (χ3v) is 13.4. The molecule has 0 saturated heterocycles. The molecule has 6 aromatic rings. The van der Waals surface area contributed by atoms with Crippen molar-refractivity contribution in [3.05, 3.63) is 212 Å². The number of aryl methyl sites for hydroxylation is 6. The summed E-state index contributed by atoms with van der Waals surface area (Å²) >= 11 is 0. The second-order valence-electron chi connectivity index (χ2n) is 13.4. The van der Waals surface area contributed by atoms with E-state index >= 15 is 0 Å². The average molecular weight is 954 g/mol. The maximum absolute atomic E-state index is 13.4. The molecule has 11 heteroatoms. The fourth-order valence-corrected chi connectivity index (χ4v) is 10.2. The van der Waals surface area contributed by atoms with E-state index in [0.29, 0.717) is 33.4 Å². The Morgan fingerprint density at radius 2 is 0.390 bits per heavy atom. The fraction of sp³-hybridized carbons (Fsp3) is 0.125. The summed E-state index contributed by atoms with van der Waals surface area (Å²) in [5.74, 6) is 0. The van der Waals surface area contributed by atoms with E-state index in [2.05, 4.69) is 0 Å². The van der Waals surface area contributed by atoms with Crippen LogP contribution in [-0.2, 0) is 20.4 Å². The molecule has 0 bridgehead atoms. The Morgan fingerprint density at radius 1 is 0.271 bits per heavy atom. The van der Waals surface area contributed by atoms with Crippen LogP contribution >= 0.6 is 15.8 Å². The third-order valence-electron chi connectivity index (χ3n) is 9.47. The van der Waals surface area contributed by atoms with Crippen molar-refractivity contribution in [3.63, 3.8) is 0 Å². The maximum Gasteiger partial charge on any atom is 2.00 e. The first kappa shape index (κ1) is 50.6. The van der Waals surface area contributed by atoms with E-state index in [1.807, 2.05) is 114 Å². The van der Waals surface area contributed by atoms with Crippen LogP contribution in [0.15, 0.2) is 146 Å². The monoisotopic (exact) mass is 952 g/mol. The van der Waals surface area contributed by atoms with Crippen LogP contribution in [0.4, 0.5) is 0 Å². The minimum atomic E-state index is -2.24. The molecule has 59 heavy (non-hydrogen) atoms. The van der Waals surface area contributed by atoms with Crippen molar-refractivity contribution < 1.29 is 74.0 Å². The Labute approximate surface area is 374 Å². The van der Waals surface area contributed by atoms with E-state index < -0.39 is 49.0 Å². The fourth-order valence-electron chi connectivity index (χ4n) is 6.15. The smallest absolute Gasteiger partial charge is 1.00 e. The summed E-state index contributed by atoms with van der Waals surface area (Å²) in [6.45, 7) is 10.9. The van der Waals surface area contributed by atoms with Gasteiger partial charge in [0.05, 0.1) is 0 Å². The number of hydrogen-bond acceptors (Lipinski definition) is 6. The molecule has 0 unspecified atom stereocenters. The van der Waals surface area contributed by atoms with E-state index in [-0.39, 0.29) is 45.2 Å². The Morgan fingerprint density at radius 3 is 0.508 bits per heavy atom. The van der Waals surface area contributed by atoms with Gasteiger partial charge in [-0.1, -0.05) is 146 Å². The second kappa shape index (κ2) is 23.3. The molecule has 0 heterocycles. The normalized spacial score (nSPS) is 10.2. The summed E-state index contributed by atoms with van der Waals surface area (Å²) in [6.07, 6.45) is 0. The van der Waals surface area contributed by atoms with Crippen molar-refractivity contribution in [2.75, 3.05) is 0 Å². The van der Waals surface area contributed by atoms with Crippen molar-refractivity contribution in [3.8, 4) is 0 Å². The van der Waals surface area contributed by atoms with Crippen LogP contribution in [0, 0.1) is 41.5 Å². The Bertz CT molecular complexity index is 2060. The number of halogens is 2. The topological polar surface area (TPSA) is 102 Å². The van der Waals surface area contributed by atoms with E-state index in [1.54, 1.807) is 72.8 Å². The molecule has 0 amide bonds. The van der Waals surface area contributed by atoms with Crippen molar-refractivity contribution >= 4 is 49.0 Å². The van der Waals surface area contributed by atoms with Crippen LogP contribution in [-0.4, -0.2) is 33.1 Å². The molecule has 0 fully saturated rings. The molecule has 6 rings (SSSR count). The van der Waals surface area contributed by atoms with Gasteiger partial charge in [-0.05, 0) is 74.9 Å². The molecule has 6 nitrogen and oxygen atoms in total. The molecule has 0 radical (unpaired) electrons. The third kappa shape index (κ3) is 11.8. The van der Waals surface area contributed by atoms with Crippen molar-refractivity contribution in [2.45, 2.75) is 41.5 Å². The number of benzene rings is 6. The van der Waals surface area contributed by atoms with Gasteiger partial charge < -0.3 is 24.8 Å². The summed E-state index contributed by atoms with van der Waals surface area (Å²) in [7, 11) is -4.48.